The Morgan fingerprint density at radius 2 is 2.25 bits per heavy atom. The molecule has 3 N–H and O–H groups in total. The highest BCUT2D eigenvalue weighted by Crippen LogP contribution is 2.29. The molecule has 2 unspecified atom stereocenters. The van der Waals surface area contributed by atoms with E-state index in [1.54, 1.807) is 4.68 Å². The lowest BCUT2D eigenvalue weighted by Gasteiger charge is -2.20. The number of rotatable bonds is 5. The van der Waals surface area contributed by atoms with Crippen LogP contribution in [0.3, 0.4) is 0 Å². The minimum absolute atomic E-state index is 0.0317. The van der Waals surface area contributed by atoms with Gasteiger partial charge >= 0.3 is 0 Å². The Balaban J connectivity index is 1.93. The molecule has 0 saturated heterocycles. The second-order valence-corrected chi connectivity index (χ2v) is 6.86. The molecule has 0 spiro atoms. The SMILES string of the molecule is CCSC1CCCC1NC(=O)Cn1nc(C)c(N)c1C. The zero-order valence-electron chi connectivity index (χ0n) is 12.5. The highest BCUT2D eigenvalue weighted by atomic mass is 32.2. The van der Waals surface area contributed by atoms with Crippen molar-refractivity contribution >= 4 is 23.4 Å². The Morgan fingerprint density at radius 1 is 1.50 bits per heavy atom. The molecule has 1 heterocycles. The van der Waals surface area contributed by atoms with Crippen molar-refractivity contribution in [3.05, 3.63) is 11.4 Å². The summed E-state index contributed by atoms with van der Waals surface area (Å²) in [5, 5.41) is 8.03. The van der Waals surface area contributed by atoms with Crippen molar-refractivity contribution in [3.63, 3.8) is 0 Å². The smallest absolute Gasteiger partial charge is 0.241 e. The van der Waals surface area contributed by atoms with Gasteiger partial charge in [-0.05, 0) is 32.4 Å². The summed E-state index contributed by atoms with van der Waals surface area (Å²) in [6.07, 6.45) is 3.49. The summed E-state index contributed by atoms with van der Waals surface area (Å²) in [6, 6.07) is 0.307. The fraction of sp³-hybridized carbons (Fsp3) is 0.714. The molecular weight excluding hydrogens is 272 g/mol. The number of carbonyl (C=O) groups is 1. The van der Waals surface area contributed by atoms with Crippen molar-refractivity contribution in [2.45, 2.75) is 57.9 Å². The predicted octanol–water partition coefficient (Wildman–Crippen LogP) is 1.87. The van der Waals surface area contributed by atoms with Crippen molar-refractivity contribution < 1.29 is 4.79 Å². The normalized spacial score (nSPS) is 22.1. The third-order valence-corrected chi connectivity index (χ3v) is 5.24. The number of nitrogens with two attached hydrogens (primary N) is 1. The predicted molar refractivity (Wildman–Crippen MR) is 83.8 cm³/mol. The van der Waals surface area contributed by atoms with Gasteiger partial charge in [-0.3, -0.25) is 9.48 Å². The molecule has 1 aromatic heterocycles. The van der Waals surface area contributed by atoms with E-state index in [9.17, 15) is 4.79 Å². The van der Waals surface area contributed by atoms with Crippen molar-refractivity contribution in [2.24, 2.45) is 0 Å². The van der Waals surface area contributed by atoms with Crippen LogP contribution < -0.4 is 11.1 Å². The molecule has 2 rings (SSSR count). The molecule has 0 aromatic carbocycles. The number of thioether (sulfide) groups is 1. The van der Waals surface area contributed by atoms with Gasteiger partial charge in [0.25, 0.3) is 0 Å². The first-order valence-corrected chi connectivity index (χ1v) is 8.28. The Hall–Kier alpha value is -1.17. The molecule has 0 radical (unpaired) electrons. The molecule has 1 aromatic rings. The maximum absolute atomic E-state index is 12.2. The van der Waals surface area contributed by atoms with Gasteiger partial charge in [-0.2, -0.15) is 16.9 Å². The standard InChI is InChI=1S/C14H24N4OS/c1-4-20-12-7-5-6-11(12)16-13(19)8-18-10(3)14(15)9(2)17-18/h11-12H,4-8,15H2,1-3H3,(H,16,19). The maximum atomic E-state index is 12.2. The van der Waals surface area contributed by atoms with Crippen LogP contribution in [0.15, 0.2) is 0 Å². The molecular formula is C14H24N4OS. The molecule has 1 amide bonds. The van der Waals surface area contributed by atoms with Gasteiger partial charge in [0.05, 0.1) is 17.1 Å². The minimum Gasteiger partial charge on any atom is -0.396 e. The zero-order valence-corrected chi connectivity index (χ0v) is 13.3. The molecule has 2 atom stereocenters. The fourth-order valence-corrected chi connectivity index (χ4v) is 3.96. The van der Waals surface area contributed by atoms with Gasteiger partial charge in [0.2, 0.25) is 5.91 Å². The lowest BCUT2D eigenvalue weighted by Crippen LogP contribution is -2.40. The van der Waals surface area contributed by atoms with Gasteiger partial charge < -0.3 is 11.1 Å². The van der Waals surface area contributed by atoms with E-state index in [1.165, 1.54) is 12.8 Å². The molecule has 1 fully saturated rings. The van der Waals surface area contributed by atoms with E-state index in [0.29, 0.717) is 17.0 Å². The van der Waals surface area contributed by atoms with Crippen LogP contribution in [-0.4, -0.2) is 32.7 Å². The second kappa shape index (κ2) is 6.52. The van der Waals surface area contributed by atoms with Crippen LogP contribution in [0.1, 0.15) is 37.6 Å². The number of anilines is 1. The number of amides is 1. The van der Waals surface area contributed by atoms with Crippen LogP contribution in [0.5, 0.6) is 0 Å². The highest BCUT2D eigenvalue weighted by molar-refractivity contribution is 7.99. The van der Waals surface area contributed by atoms with E-state index >= 15 is 0 Å². The molecule has 5 nitrogen and oxygen atoms in total. The van der Waals surface area contributed by atoms with Crippen LogP contribution in [0.4, 0.5) is 5.69 Å². The molecule has 1 aliphatic carbocycles. The molecule has 0 aliphatic heterocycles. The number of nitrogens with zero attached hydrogens (tertiary/aromatic N) is 2. The average molecular weight is 296 g/mol. The van der Waals surface area contributed by atoms with Crippen molar-refractivity contribution in [1.82, 2.24) is 15.1 Å². The van der Waals surface area contributed by atoms with E-state index in [1.807, 2.05) is 25.6 Å². The maximum Gasteiger partial charge on any atom is 0.241 e. The summed E-state index contributed by atoms with van der Waals surface area (Å²) in [6.45, 7) is 6.18. The fourth-order valence-electron chi connectivity index (χ4n) is 2.76. The van der Waals surface area contributed by atoms with E-state index in [2.05, 4.69) is 17.3 Å². The molecule has 20 heavy (non-hydrogen) atoms. The molecule has 1 saturated carbocycles. The number of aryl methyl sites for hydroxylation is 1. The van der Waals surface area contributed by atoms with E-state index in [-0.39, 0.29) is 12.5 Å². The van der Waals surface area contributed by atoms with Crippen LogP contribution in [0.25, 0.3) is 0 Å². The van der Waals surface area contributed by atoms with Crippen LogP contribution in [-0.2, 0) is 11.3 Å². The summed E-state index contributed by atoms with van der Waals surface area (Å²) in [4.78, 5) is 12.2. The van der Waals surface area contributed by atoms with Gasteiger partial charge in [0, 0.05) is 11.3 Å². The number of hydrogen-bond donors (Lipinski definition) is 2. The Bertz CT molecular complexity index is 486. The minimum atomic E-state index is 0.0317. The third-order valence-electron chi connectivity index (χ3n) is 3.91. The summed E-state index contributed by atoms with van der Waals surface area (Å²) >= 11 is 1.95. The summed E-state index contributed by atoms with van der Waals surface area (Å²) in [7, 11) is 0. The van der Waals surface area contributed by atoms with Gasteiger partial charge in [0.15, 0.2) is 0 Å². The first-order valence-electron chi connectivity index (χ1n) is 7.23. The number of nitrogens with one attached hydrogen (secondary N) is 1. The highest BCUT2D eigenvalue weighted by Gasteiger charge is 2.28. The van der Waals surface area contributed by atoms with E-state index in [4.69, 9.17) is 5.73 Å². The van der Waals surface area contributed by atoms with Crippen molar-refractivity contribution in [2.75, 3.05) is 11.5 Å². The Morgan fingerprint density at radius 3 is 2.85 bits per heavy atom. The van der Waals surface area contributed by atoms with Gasteiger partial charge in [-0.1, -0.05) is 13.3 Å². The van der Waals surface area contributed by atoms with Gasteiger partial charge in [0.1, 0.15) is 6.54 Å². The van der Waals surface area contributed by atoms with Crippen LogP contribution >= 0.6 is 11.8 Å². The Labute approximate surface area is 124 Å². The first-order chi connectivity index (χ1) is 9.52. The molecule has 6 heteroatoms. The molecule has 0 bridgehead atoms. The molecule has 1 aliphatic rings. The number of carbonyl (C=O) groups excluding carboxylic acids is 1. The number of nitrogen functional groups attached to an aromatic ring is 1. The topological polar surface area (TPSA) is 72.9 Å². The van der Waals surface area contributed by atoms with E-state index < -0.39 is 0 Å². The lowest BCUT2D eigenvalue weighted by atomic mass is 10.2. The zero-order chi connectivity index (χ0) is 14.7. The number of aromatic nitrogens is 2. The summed E-state index contributed by atoms with van der Waals surface area (Å²) in [5.41, 5.74) is 8.22. The molecule has 112 valence electrons. The largest absolute Gasteiger partial charge is 0.396 e. The van der Waals surface area contributed by atoms with Gasteiger partial charge in [-0.15, -0.1) is 0 Å². The number of hydrogen-bond acceptors (Lipinski definition) is 4. The Kier molecular flexibility index (Phi) is 4.96. The quantitative estimate of drug-likeness (QED) is 0.870. The summed E-state index contributed by atoms with van der Waals surface area (Å²) in [5.74, 6) is 1.13. The monoisotopic (exact) mass is 296 g/mol. The summed E-state index contributed by atoms with van der Waals surface area (Å²) < 4.78 is 1.69. The average Bonchev–Trinajstić information content (AvgIpc) is 2.92. The van der Waals surface area contributed by atoms with Crippen molar-refractivity contribution in [1.29, 1.82) is 0 Å². The third kappa shape index (κ3) is 3.29. The first kappa shape index (κ1) is 15.2. The van der Waals surface area contributed by atoms with Crippen molar-refractivity contribution in [3.8, 4) is 0 Å². The van der Waals surface area contributed by atoms with Crippen LogP contribution in [0.2, 0.25) is 0 Å². The van der Waals surface area contributed by atoms with E-state index in [0.717, 1.165) is 23.6 Å². The lowest BCUT2D eigenvalue weighted by molar-refractivity contribution is -0.122. The van der Waals surface area contributed by atoms with Gasteiger partial charge in [-0.25, -0.2) is 0 Å². The second-order valence-electron chi connectivity index (χ2n) is 5.34. The van der Waals surface area contributed by atoms with Crippen LogP contribution in [0, 0.1) is 13.8 Å².